The van der Waals surface area contributed by atoms with E-state index in [1.165, 1.54) is 16.8 Å². The van der Waals surface area contributed by atoms with Crippen molar-refractivity contribution in [2.24, 2.45) is 0 Å². The van der Waals surface area contributed by atoms with E-state index in [0.717, 1.165) is 53.8 Å². The molecule has 7 heteroatoms. The molecule has 178 valence electrons. The quantitative estimate of drug-likeness (QED) is 0.465. The summed E-state index contributed by atoms with van der Waals surface area (Å²) >= 11 is 0. The molecular weight excluding hydrogens is 438 g/mol. The van der Waals surface area contributed by atoms with E-state index in [1.54, 1.807) is 6.92 Å². The maximum atomic E-state index is 12.1. The summed E-state index contributed by atoms with van der Waals surface area (Å²) in [5.41, 5.74) is 7.73. The van der Waals surface area contributed by atoms with E-state index < -0.39 is 0 Å². The van der Waals surface area contributed by atoms with Crippen LogP contribution in [0.25, 0.3) is 22.2 Å². The summed E-state index contributed by atoms with van der Waals surface area (Å²) in [6.07, 6.45) is 3.63. The highest BCUT2D eigenvalue weighted by Gasteiger charge is 2.30. The lowest BCUT2D eigenvalue weighted by Gasteiger charge is -2.27. The molecule has 4 heterocycles. The van der Waals surface area contributed by atoms with Gasteiger partial charge in [-0.3, -0.25) is 14.5 Å². The second kappa shape index (κ2) is 9.15. The molecule has 2 aliphatic heterocycles. The van der Waals surface area contributed by atoms with Crippen LogP contribution < -0.4 is 5.32 Å². The Balaban J connectivity index is 1.29. The number of carbonyl (C=O) groups excluding carboxylic acids is 1. The number of pyridine rings is 1. The molecule has 1 unspecified atom stereocenters. The van der Waals surface area contributed by atoms with Gasteiger partial charge in [0.05, 0.1) is 23.9 Å². The number of benzene rings is 2. The van der Waals surface area contributed by atoms with Crippen molar-refractivity contribution in [1.29, 1.82) is 0 Å². The zero-order valence-corrected chi connectivity index (χ0v) is 19.9. The molecule has 0 saturated carbocycles. The van der Waals surface area contributed by atoms with Gasteiger partial charge in [-0.05, 0) is 42.3 Å². The zero-order chi connectivity index (χ0) is 23.8. The number of amides is 1. The van der Waals surface area contributed by atoms with Crippen molar-refractivity contribution in [3.63, 3.8) is 0 Å². The fourth-order valence-electron chi connectivity index (χ4n) is 5.18. The van der Waals surface area contributed by atoms with Gasteiger partial charge in [-0.15, -0.1) is 0 Å². The average Bonchev–Trinajstić information content (AvgIpc) is 3.55. The number of rotatable bonds is 5. The van der Waals surface area contributed by atoms with Crippen LogP contribution in [0.1, 0.15) is 36.2 Å². The van der Waals surface area contributed by atoms with Gasteiger partial charge < -0.3 is 15.0 Å². The van der Waals surface area contributed by atoms with Crippen LogP contribution in [0.15, 0.2) is 60.8 Å². The third-order valence-electron chi connectivity index (χ3n) is 7.08. The summed E-state index contributed by atoms with van der Waals surface area (Å²) < 4.78 is 7.84. The Morgan fingerprint density at radius 1 is 1.17 bits per heavy atom. The van der Waals surface area contributed by atoms with E-state index in [0.29, 0.717) is 19.7 Å². The first-order chi connectivity index (χ1) is 17.2. The second-order valence-electron chi connectivity index (χ2n) is 9.39. The predicted octanol–water partition coefficient (Wildman–Crippen LogP) is 4.58. The summed E-state index contributed by atoms with van der Waals surface area (Å²) in [6, 6.07) is 19.1. The van der Waals surface area contributed by atoms with E-state index in [-0.39, 0.29) is 11.9 Å². The molecule has 1 N–H and O–H groups in total. The lowest BCUT2D eigenvalue weighted by Crippen LogP contribution is -2.35. The molecule has 0 bridgehead atoms. The monoisotopic (exact) mass is 467 g/mol. The number of nitrogens with one attached hydrogen (secondary N) is 1. The molecular formula is C28H29N5O2. The summed E-state index contributed by atoms with van der Waals surface area (Å²) in [5, 5.41) is 9.77. The number of aromatic nitrogens is 3. The molecule has 2 aliphatic rings. The van der Waals surface area contributed by atoms with Gasteiger partial charge in [0.2, 0.25) is 5.91 Å². The molecule has 6 rings (SSSR count). The van der Waals surface area contributed by atoms with Gasteiger partial charge in [-0.1, -0.05) is 24.3 Å². The maximum absolute atomic E-state index is 12.1. The van der Waals surface area contributed by atoms with Crippen LogP contribution >= 0.6 is 0 Å². The molecule has 2 aromatic carbocycles. The number of hydrogen-bond donors (Lipinski definition) is 1. The summed E-state index contributed by atoms with van der Waals surface area (Å²) in [6.45, 7) is 5.19. The summed E-state index contributed by atoms with van der Waals surface area (Å²) in [5.74, 6) is 0.113. The molecule has 2 aromatic heterocycles. The predicted molar refractivity (Wildman–Crippen MR) is 136 cm³/mol. The van der Waals surface area contributed by atoms with Crippen LogP contribution in [0.2, 0.25) is 0 Å². The van der Waals surface area contributed by atoms with E-state index in [4.69, 9.17) is 9.84 Å². The van der Waals surface area contributed by atoms with Gasteiger partial charge >= 0.3 is 0 Å². The van der Waals surface area contributed by atoms with Crippen LogP contribution in [0.4, 0.5) is 5.69 Å². The molecule has 0 spiro atoms. The fourth-order valence-corrected chi connectivity index (χ4v) is 5.18. The van der Waals surface area contributed by atoms with Crippen molar-refractivity contribution >= 4 is 22.5 Å². The molecule has 4 aromatic rings. The largest absolute Gasteiger partial charge is 0.381 e. The van der Waals surface area contributed by atoms with Crippen LogP contribution in [-0.4, -0.2) is 45.3 Å². The van der Waals surface area contributed by atoms with E-state index >= 15 is 0 Å². The molecule has 0 aliphatic carbocycles. The normalized spacial score (nSPS) is 17.5. The van der Waals surface area contributed by atoms with E-state index in [1.807, 2.05) is 23.2 Å². The number of anilines is 1. The summed E-state index contributed by atoms with van der Waals surface area (Å²) in [7, 11) is 0. The van der Waals surface area contributed by atoms with Crippen molar-refractivity contribution in [3.05, 3.63) is 77.6 Å². The van der Waals surface area contributed by atoms with Crippen molar-refractivity contribution in [1.82, 2.24) is 19.7 Å². The Labute approximate surface area is 204 Å². The molecule has 35 heavy (non-hydrogen) atoms. The average molecular weight is 468 g/mol. The van der Waals surface area contributed by atoms with Crippen molar-refractivity contribution in [3.8, 4) is 11.3 Å². The second-order valence-corrected chi connectivity index (χ2v) is 9.39. The highest BCUT2D eigenvalue weighted by Crippen LogP contribution is 2.34. The lowest BCUT2D eigenvalue weighted by molar-refractivity contribution is -0.129. The minimum absolute atomic E-state index is 0.113. The topological polar surface area (TPSA) is 72.3 Å². The van der Waals surface area contributed by atoms with E-state index in [2.05, 4.69) is 57.4 Å². The molecule has 1 amide bonds. The standard InChI is InChI=1S/C28H29N5O2/c1-19(34)32-12-9-27-25(17-32)28(31-33(27)24-10-13-35-18-24)22-5-2-4-20(14-22)16-30-23-7-8-26-21(15-23)6-3-11-29-26/h2-8,11,14-15,24,30H,9-10,12-13,16-18H2,1H3. The highest BCUT2D eigenvalue weighted by molar-refractivity contribution is 5.82. The van der Waals surface area contributed by atoms with Crippen LogP contribution in [0.3, 0.4) is 0 Å². The first kappa shape index (κ1) is 21.8. The molecule has 0 radical (unpaired) electrons. The Morgan fingerprint density at radius 2 is 2.11 bits per heavy atom. The number of carbonyl (C=O) groups is 1. The van der Waals surface area contributed by atoms with Crippen LogP contribution in [0.5, 0.6) is 0 Å². The Kier molecular flexibility index (Phi) is 5.70. The fraction of sp³-hybridized carbons (Fsp3) is 0.321. The highest BCUT2D eigenvalue weighted by atomic mass is 16.5. The maximum Gasteiger partial charge on any atom is 0.219 e. The molecule has 7 nitrogen and oxygen atoms in total. The third-order valence-corrected chi connectivity index (χ3v) is 7.08. The van der Waals surface area contributed by atoms with Gasteiger partial charge in [0, 0.05) is 73.7 Å². The Bertz CT molecular complexity index is 1390. The van der Waals surface area contributed by atoms with Crippen molar-refractivity contribution < 1.29 is 9.53 Å². The Morgan fingerprint density at radius 3 is 2.97 bits per heavy atom. The molecule has 1 fully saturated rings. The van der Waals surface area contributed by atoms with Crippen molar-refractivity contribution in [2.45, 2.75) is 38.9 Å². The first-order valence-electron chi connectivity index (χ1n) is 12.3. The first-order valence-corrected chi connectivity index (χ1v) is 12.3. The van der Waals surface area contributed by atoms with Gasteiger partial charge in [-0.25, -0.2) is 0 Å². The summed E-state index contributed by atoms with van der Waals surface area (Å²) in [4.78, 5) is 18.5. The Hall–Kier alpha value is -3.71. The molecule has 1 saturated heterocycles. The number of nitrogens with zero attached hydrogens (tertiary/aromatic N) is 4. The number of fused-ring (bicyclic) bond motifs is 2. The SMILES string of the molecule is CC(=O)N1CCc2c(c(-c3cccc(CNc4ccc5ncccc5c4)c3)nn2C2CCOC2)C1. The van der Waals surface area contributed by atoms with Gasteiger partial charge in [0.25, 0.3) is 0 Å². The van der Waals surface area contributed by atoms with Gasteiger partial charge in [-0.2, -0.15) is 5.10 Å². The van der Waals surface area contributed by atoms with E-state index in [9.17, 15) is 4.79 Å². The van der Waals surface area contributed by atoms with Crippen molar-refractivity contribution in [2.75, 3.05) is 25.1 Å². The minimum atomic E-state index is 0.113. The number of ether oxygens (including phenoxy) is 1. The van der Waals surface area contributed by atoms with Gasteiger partial charge in [0.1, 0.15) is 0 Å². The minimum Gasteiger partial charge on any atom is -0.381 e. The van der Waals surface area contributed by atoms with Crippen LogP contribution in [-0.2, 0) is 29.0 Å². The third kappa shape index (κ3) is 4.28. The molecule has 1 atom stereocenters. The van der Waals surface area contributed by atoms with Crippen LogP contribution in [0, 0.1) is 0 Å². The van der Waals surface area contributed by atoms with Gasteiger partial charge in [0.15, 0.2) is 0 Å². The number of hydrogen-bond acceptors (Lipinski definition) is 5. The smallest absolute Gasteiger partial charge is 0.219 e. The lowest BCUT2D eigenvalue weighted by atomic mass is 9.99. The zero-order valence-electron chi connectivity index (χ0n) is 19.9.